The van der Waals surface area contributed by atoms with Gasteiger partial charge in [-0.1, -0.05) is 49.2 Å². The predicted molar refractivity (Wildman–Crippen MR) is 109 cm³/mol. The van der Waals surface area contributed by atoms with E-state index in [1.807, 2.05) is 55.6 Å². The molecule has 0 bridgehead atoms. The number of amides is 1. The highest BCUT2D eigenvalue weighted by Gasteiger charge is 2.37. The molecule has 3 aromatic rings. The molecule has 0 aliphatic carbocycles. The Labute approximate surface area is 161 Å². The van der Waals surface area contributed by atoms with Crippen molar-refractivity contribution in [1.29, 1.82) is 0 Å². The molecule has 4 rings (SSSR count). The Morgan fingerprint density at radius 3 is 2.59 bits per heavy atom. The lowest BCUT2D eigenvalue weighted by Gasteiger charge is -2.19. The molecule has 0 radical (unpaired) electrons. The maximum absolute atomic E-state index is 12.8. The van der Waals surface area contributed by atoms with E-state index in [4.69, 9.17) is 5.73 Å². The van der Waals surface area contributed by atoms with Crippen LogP contribution in [0.3, 0.4) is 0 Å². The number of carbonyl (C=O) groups is 1. The van der Waals surface area contributed by atoms with Crippen LogP contribution in [0.4, 0.5) is 0 Å². The molecule has 6 heteroatoms. The first kappa shape index (κ1) is 17.7. The number of aromatic nitrogens is 1. The van der Waals surface area contributed by atoms with Gasteiger partial charge in [0.2, 0.25) is 5.88 Å². The molecule has 138 valence electrons. The zero-order valence-electron chi connectivity index (χ0n) is 15.3. The quantitative estimate of drug-likeness (QED) is 0.686. The summed E-state index contributed by atoms with van der Waals surface area (Å²) in [7, 11) is 0. The number of aliphatic imine (C=N–C) groups is 1. The Bertz CT molecular complexity index is 1030. The molecule has 1 aromatic carbocycles. The SMILES string of the molecule is CCCC(N)n1c(O)c2c(c1-c1ccc(C)cc1)C(=O)N=C2c1cccs1. The lowest BCUT2D eigenvalue weighted by atomic mass is 10.0. The monoisotopic (exact) mass is 379 g/mol. The van der Waals surface area contributed by atoms with E-state index < -0.39 is 6.17 Å². The highest BCUT2D eigenvalue weighted by molar-refractivity contribution is 7.12. The summed E-state index contributed by atoms with van der Waals surface area (Å²) in [5, 5.41) is 13.0. The molecule has 0 saturated carbocycles. The fraction of sp³-hybridized carbons (Fsp3) is 0.238. The maximum Gasteiger partial charge on any atom is 0.280 e. The number of aryl methyl sites for hydroxylation is 1. The molecule has 3 N–H and O–H groups in total. The fourth-order valence-electron chi connectivity index (χ4n) is 3.56. The largest absolute Gasteiger partial charge is 0.494 e. The summed E-state index contributed by atoms with van der Waals surface area (Å²) in [6.07, 6.45) is 1.14. The molecular weight excluding hydrogens is 358 g/mol. The number of fused-ring (bicyclic) bond motifs is 1. The number of benzene rings is 1. The molecule has 27 heavy (non-hydrogen) atoms. The Balaban J connectivity index is 1.99. The molecular formula is C21H21N3O2S. The summed E-state index contributed by atoms with van der Waals surface area (Å²) in [4.78, 5) is 17.9. The van der Waals surface area contributed by atoms with E-state index in [1.54, 1.807) is 4.57 Å². The van der Waals surface area contributed by atoms with E-state index in [2.05, 4.69) is 4.99 Å². The topological polar surface area (TPSA) is 80.6 Å². The van der Waals surface area contributed by atoms with Gasteiger partial charge in [0.25, 0.3) is 5.91 Å². The van der Waals surface area contributed by atoms with E-state index in [1.165, 1.54) is 11.3 Å². The first-order valence-electron chi connectivity index (χ1n) is 9.00. The third-order valence-corrected chi connectivity index (χ3v) is 5.72. The van der Waals surface area contributed by atoms with Crippen LogP contribution in [0.25, 0.3) is 11.3 Å². The average molecular weight is 379 g/mol. The summed E-state index contributed by atoms with van der Waals surface area (Å²) >= 11 is 1.49. The van der Waals surface area contributed by atoms with Crippen molar-refractivity contribution in [3.8, 4) is 17.1 Å². The fourth-order valence-corrected chi connectivity index (χ4v) is 4.28. The number of nitrogens with zero attached hydrogens (tertiary/aromatic N) is 2. The highest BCUT2D eigenvalue weighted by atomic mass is 32.1. The van der Waals surface area contributed by atoms with Crippen molar-refractivity contribution in [3.63, 3.8) is 0 Å². The standard InChI is InChI=1S/C21H21N3O2S/c1-3-5-15(22)24-19(13-9-7-12(2)8-10-13)17-16(21(24)26)18(23-20(17)25)14-6-4-11-27-14/h4,6-11,15,26H,3,5,22H2,1-2H3. The third-order valence-electron chi connectivity index (χ3n) is 4.84. The first-order chi connectivity index (χ1) is 13.0. The van der Waals surface area contributed by atoms with E-state index in [0.717, 1.165) is 22.4 Å². The van der Waals surface area contributed by atoms with E-state index >= 15 is 0 Å². The van der Waals surface area contributed by atoms with Crippen LogP contribution in [0.15, 0.2) is 46.8 Å². The van der Waals surface area contributed by atoms with Gasteiger partial charge in [0.1, 0.15) is 0 Å². The summed E-state index contributed by atoms with van der Waals surface area (Å²) in [6, 6.07) is 11.7. The van der Waals surface area contributed by atoms with E-state index in [-0.39, 0.29) is 11.8 Å². The summed E-state index contributed by atoms with van der Waals surface area (Å²) in [5.41, 5.74) is 10.5. The van der Waals surface area contributed by atoms with Gasteiger partial charge in [-0.05, 0) is 30.4 Å². The number of rotatable bonds is 5. The number of carbonyl (C=O) groups excluding carboxylic acids is 1. The van der Waals surface area contributed by atoms with E-state index in [0.29, 0.717) is 29.0 Å². The molecule has 5 nitrogen and oxygen atoms in total. The Morgan fingerprint density at radius 1 is 1.22 bits per heavy atom. The number of nitrogens with two attached hydrogens (primary N) is 1. The number of hydrogen-bond acceptors (Lipinski definition) is 4. The van der Waals surface area contributed by atoms with Gasteiger partial charge in [-0.2, -0.15) is 0 Å². The Hall–Kier alpha value is -2.70. The van der Waals surface area contributed by atoms with Gasteiger partial charge in [-0.3, -0.25) is 9.36 Å². The first-order valence-corrected chi connectivity index (χ1v) is 9.88. The minimum Gasteiger partial charge on any atom is -0.494 e. The van der Waals surface area contributed by atoms with Crippen LogP contribution >= 0.6 is 11.3 Å². The van der Waals surface area contributed by atoms with Crippen LogP contribution < -0.4 is 5.73 Å². The van der Waals surface area contributed by atoms with Crippen molar-refractivity contribution in [3.05, 3.63) is 63.3 Å². The Morgan fingerprint density at radius 2 is 1.96 bits per heavy atom. The van der Waals surface area contributed by atoms with Gasteiger partial charge in [0.15, 0.2) is 0 Å². The van der Waals surface area contributed by atoms with E-state index in [9.17, 15) is 9.90 Å². The molecule has 1 aliphatic rings. The highest BCUT2D eigenvalue weighted by Crippen LogP contribution is 2.43. The van der Waals surface area contributed by atoms with Crippen molar-refractivity contribution < 1.29 is 9.90 Å². The smallest absolute Gasteiger partial charge is 0.280 e. The van der Waals surface area contributed by atoms with Gasteiger partial charge in [-0.15, -0.1) is 11.3 Å². The molecule has 1 aliphatic heterocycles. The lowest BCUT2D eigenvalue weighted by Crippen LogP contribution is -2.19. The van der Waals surface area contributed by atoms with Gasteiger partial charge >= 0.3 is 0 Å². The van der Waals surface area contributed by atoms with Crippen molar-refractivity contribution >= 4 is 23.0 Å². The molecule has 1 atom stereocenters. The molecule has 3 heterocycles. The van der Waals surface area contributed by atoms with Crippen LogP contribution in [0.5, 0.6) is 5.88 Å². The van der Waals surface area contributed by atoms with Gasteiger partial charge in [-0.25, -0.2) is 4.99 Å². The van der Waals surface area contributed by atoms with Crippen LogP contribution in [-0.2, 0) is 0 Å². The second-order valence-corrected chi connectivity index (χ2v) is 7.70. The molecule has 2 aromatic heterocycles. The normalized spacial score (nSPS) is 14.3. The van der Waals surface area contributed by atoms with Gasteiger partial charge < -0.3 is 10.8 Å². The van der Waals surface area contributed by atoms with Crippen molar-refractivity contribution in [2.24, 2.45) is 10.7 Å². The van der Waals surface area contributed by atoms with Gasteiger partial charge in [0, 0.05) is 0 Å². The maximum atomic E-state index is 12.8. The minimum atomic E-state index is -0.422. The summed E-state index contributed by atoms with van der Waals surface area (Å²) in [6.45, 7) is 4.06. The molecule has 0 saturated heterocycles. The second kappa shape index (κ2) is 6.79. The molecule has 1 unspecified atom stereocenters. The second-order valence-electron chi connectivity index (χ2n) is 6.76. The van der Waals surface area contributed by atoms with Crippen LogP contribution in [0.1, 0.15) is 52.3 Å². The number of aromatic hydroxyl groups is 1. The number of thiophene rings is 1. The summed E-state index contributed by atoms with van der Waals surface area (Å²) < 4.78 is 1.69. The number of hydrogen-bond donors (Lipinski definition) is 2. The summed E-state index contributed by atoms with van der Waals surface area (Å²) in [5.74, 6) is -0.318. The molecule has 0 fully saturated rings. The predicted octanol–water partition coefficient (Wildman–Crippen LogP) is 4.48. The van der Waals surface area contributed by atoms with Crippen molar-refractivity contribution in [2.75, 3.05) is 0 Å². The van der Waals surface area contributed by atoms with Crippen molar-refractivity contribution in [2.45, 2.75) is 32.9 Å². The lowest BCUT2D eigenvalue weighted by molar-refractivity contribution is 0.101. The van der Waals surface area contributed by atoms with Gasteiger partial charge in [0.05, 0.1) is 33.6 Å². The zero-order chi connectivity index (χ0) is 19.1. The van der Waals surface area contributed by atoms with Crippen LogP contribution in [-0.4, -0.2) is 21.3 Å². The zero-order valence-corrected chi connectivity index (χ0v) is 16.1. The minimum absolute atomic E-state index is 0.0134. The van der Waals surface area contributed by atoms with Crippen molar-refractivity contribution in [1.82, 2.24) is 4.57 Å². The van der Waals surface area contributed by atoms with Crippen LogP contribution in [0, 0.1) is 6.92 Å². The average Bonchev–Trinajstić information content (AvgIpc) is 3.34. The van der Waals surface area contributed by atoms with Crippen LogP contribution in [0.2, 0.25) is 0 Å². The molecule has 0 spiro atoms. The third kappa shape index (κ3) is 2.81. The Kier molecular flexibility index (Phi) is 4.45. The molecule has 1 amide bonds.